The van der Waals surface area contributed by atoms with Crippen molar-refractivity contribution in [2.24, 2.45) is 16.6 Å². The quantitative estimate of drug-likeness (QED) is 0.646. The normalized spacial score (nSPS) is 11.9. The van der Waals surface area contributed by atoms with Crippen LogP contribution in [0, 0.1) is 5.92 Å². The van der Waals surface area contributed by atoms with Crippen molar-refractivity contribution < 1.29 is 0 Å². The maximum atomic E-state index is 6.07. The summed E-state index contributed by atoms with van der Waals surface area (Å²) in [4.78, 5) is 4.22. The maximum Gasteiger partial charge on any atom is 0.188 e. The van der Waals surface area contributed by atoms with Crippen LogP contribution < -0.4 is 11.1 Å². The Kier molecular flexibility index (Phi) is 6.30. The molecule has 3 nitrogen and oxygen atoms in total. The third kappa shape index (κ3) is 5.15. The molecule has 0 bridgehead atoms. The molecule has 1 aromatic carbocycles. The third-order valence-electron chi connectivity index (χ3n) is 2.37. The van der Waals surface area contributed by atoms with Crippen LogP contribution >= 0.6 is 23.2 Å². The number of nitrogens with one attached hydrogen (secondary N) is 1. The second-order valence-electron chi connectivity index (χ2n) is 4.50. The van der Waals surface area contributed by atoms with Crippen LogP contribution in [-0.2, 0) is 6.42 Å². The first-order valence-electron chi connectivity index (χ1n) is 5.97. The standard InChI is InChI=1S/C13H19Cl2N3/c1-9(2)8-18-13(16)17-7-6-10-11(14)4-3-5-12(10)15/h3-5,9H,6-8H2,1-2H3,(H3,16,17,18). The minimum atomic E-state index is 0.465. The van der Waals surface area contributed by atoms with Crippen molar-refractivity contribution in [3.8, 4) is 0 Å². The molecule has 0 amide bonds. The first-order chi connectivity index (χ1) is 8.50. The molecule has 0 unspecified atom stereocenters. The van der Waals surface area contributed by atoms with Crippen molar-refractivity contribution in [2.45, 2.75) is 20.3 Å². The summed E-state index contributed by atoms with van der Waals surface area (Å²) in [5, 5.41) is 4.42. The zero-order chi connectivity index (χ0) is 13.5. The highest BCUT2D eigenvalue weighted by Crippen LogP contribution is 2.24. The van der Waals surface area contributed by atoms with Crippen molar-refractivity contribution in [1.82, 2.24) is 5.32 Å². The molecule has 1 rings (SSSR count). The van der Waals surface area contributed by atoms with E-state index in [0.717, 1.165) is 18.5 Å². The maximum absolute atomic E-state index is 6.07. The Morgan fingerprint density at radius 2 is 1.94 bits per heavy atom. The highest BCUT2D eigenvalue weighted by molar-refractivity contribution is 6.35. The van der Waals surface area contributed by atoms with E-state index >= 15 is 0 Å². The van der Waals surface area contributed by atoms with Gasteiger partial charge < -0.3 is 11.1 Å². The van der Waals surface area contributed by atoms with Crippen molar-refractivity contribution in [2.75, 3.05) is 13.1 Å². The lowest BCUT2D eigenvalue weighted by molar-refractivity contribution is 0.661. The number of hydrogen-bond acceptors (Lipinski definition) is 1. The van der Waals surface area contributed by atoms with Gasteiger partial charge in [-0.1, -0.05) is 43.1 Å². The van der Waals surface area contributed by atoms with Crippen molar-refractivity contribution in [1.29, 1.82) is 0 Å². The second-order valence-corrected chi connectivity index (χ2v) is 5.31. The molecule has 0 aliphatic rings. The number of nitrogens with zero attached hydrogens (tertiary/aromatic N) is 1. The minimum absolute atomic E-state index is 0.465. The molecule has 5 heteroatoms. The highest BCUT2D eigenvalue weighted by atomic mass is 35.5. The smallest absolute Gasteiger partial charge is 0.188 e. The fraction of sp³-hybridized carbons (Fsp3) is 0.462. The lowest BCUT2D eigenvalue weighted by Gasteiger charge is -2.09. The molecule has 0 spiro atoms. The van der Waals surface area contributed by atoms with Gasteiger partial charge in [-0.15, -0.1) is 0 Å². The van der Waals surface area contributed by atoms with E-state index in [1.165, 1.54) is 0 Å². The molecular weight excluding hydrogens is 269 g/mol. The summed E-state index contributed by atoms with van der Waals surface area (Å²) in [6.45, 7) is 5.59. The Morgan fingerprint density at radius 3 is 2.50 bits per heavy atom. The van der Waals surface area contributed by atoms with Crippen LogP contribution in [0.25, 0.3) is 0 Å². The Labute approximate surface area is 118 Å². The largest absolute Gasteiger partial charge is 0.370 e. The molecule has 0 atom stereocenters. The van der Waals surface area contributed by atoms with Crippen LogP contribution in [-0.4, -0.2) is 19.0 Å². The Bertz CT molecular complexity index is 396. The number of nitrogens with two attached hydrogens (primary N) is 1. The van der Waals surface area contributed by atoms with Crippen molar-refractivity contribution in [3.05, 3.63) is 33.8 Å². The van der Waals surface area contributed by atoms with Crippen molar-refractivity contribution >= 4 is 29.2 Å². The van der Waals surface area contributed by atoms with Crippen LogP contribution in [0.1, 0.15) is 19.4 Å². The molecule has 0 aromatic heterocycles. The van der Waals surface area contributed by atoms with E-state index in [4.69, 9.17) is 28.9 Å². The van der Waals surface area contributed by atoms with Gasteiger partial charge in [0.1, 0.15) is 0 Å². The van der Waals surface area contributed by atoms with Crippen LogP contribution in [0.2, 0.25) is 10.0 Å². The zero-order valence-corrected chi connectivity index (χ0v) is 12.2. The van der Waals surface area contributed by atoms with Crippen LogP contribution in [0.5, 0.6) is 0 Å². The highest BCUT2D eigenvalue weighted by Gasteiger charge is 2.04. The summed E-state index contributed by atoms with van der Waals surface area (Å²) in [6.07, 6.45) is 0.719. The molecule has 3 N–H and O–H groups in total. The molecule has 0 saturated carbocycles. The molecule has 1 aromatic rings. The molecular formula is C13H19Cl2N3. The monoisotopic (exact) mass is 287 g/mol. The molecule has 0 fully saturated rings. The van der Waals surface area contributed by atoms with E-state index in [2.05, 4.69) is 24.2 Å². The summed E-state index contributed by atoms with van der Waals surface area (Å²) in [5.41, 5.74) is 6.67. The van der Waals surface area contributed by atoms with Crippen LogP contribution in [0.4, 0.5) is 0 Å². The van der Waals surface area contributed by atoms with E-state index in [-0.39, 0.29) is 0 Å². The SMILES string of the molecule is CC(C)CN=C(N)NCCc1c(Cl)cccc1Cl. The van der Waals surface area contributed by atoms with Crippen LogP contribution in [0.3, 0.4) is 0 Å². The lowest BCUT2D eigenvalue weighted by Crippen LogP contribution is -2.33. The zero-order valence-electron chi connectivity index (χ0n) is 10.7. The van der Waals surface area contributed by atoms with E-state index < -0.39 is 0 Å². The van der Waals surface area contributed by atoms with Gasteiger partial charge in [0, 0.05) is 23.1 Å². The average Bonchev–Trinajstić information content (AvgIpc) is 2.30. The van der Waals surface area contributed by atoms with Crippen LogP contribution in [0.15, 0.2) is 23.2 Å². The number of rotatable bonds is 5. The van der Waals surface area contributed by atoms with Gasteiger partial charge in [-0.2, -0.15) is 0 Å². The molecule has 0 radical (unpaired) electrons. The van der Waals surface area contributed by atoms with E-state index in [1.54, 1.807) is 0 Å². The van der Waals surface area contributed by atoms with Gasteiger partial charge in [-0.25, -0.2) is 0 Å². The van der Waals surface area contributed by atoms with Crippen molar-refractivity contribution in [3.63, 3.8) is 0 Å². The topological polar surface area (TPSA) is 50.4 Å². The Hall–Kier alpha value is -0.930. The minimum Gasteiger partial charge on any atom is -0.370 e. The van der Waals surface area contributed by atoms with E-state index in [9.17, 15) is 0 Å². The molecule has 0 aliphatic heterocycles. The fourth-order valence-electron chi connectivity index (χ4n) is 1.42. The summed E-state index contributed by atoms with van der Waals surface area (Å²) in [5.74, 6) is 0.968. The molecule has 0 heterocycles. The Balaban J connectivity index is 2.44. The predicted octanol–water partition coefficient (Wildman–Crippen LogP) is 3.10. The van der Waals surface area contributed by atoms with Gasteiger partial charge >= 0.3 is 0 Å². The van der Waals surface area contributed by atoms with Gasteiger partial charge in [-0.05, 0) is 30.0 Å². The third-order valence-corrected chi connectivity index (χ3v) is 3.08. The van der Waals surface area contributed by atoms with E-state index in [1.807, 2.05) is 18.2 Å². The molecule has 0 saturated heterocycles. The summed E-state index contributed by atoms with van der Waals surface area (Å²) in [7, 11) is 0. The van der Waals surface area contributed by atoms with Gasteiger partial charge in [0.25, 0.3) is 0 Å². The van der Waals surface area contributed by atoms with Gasteiger partial charge in [-0.3, -0.25) is 4.99 Å². The molecule has 100 valence electrons. The van der Waals surface area contributed by atoms with Gasteiger partial charge in [0.15, 0.2) is 5.96 Å². The average molecular weight is 288 g/mol. The summed E-state index contributed by atoms with van der Waals surface area (Å²) in [6, 6.07) is 5.50. The number of benzene rings is 1. The summed E-state index contributed by atoms with van der Waals surface area (Å²) >= 11 is 12.1. The van der Waals surface area contributed by atoms with Gasteiger partial charge in [0.2, 0.25) is 0 Å². The molecule has 0 aliphatic carbocycles. The van der Waals surface area contributed by atoms with Gasteiger partial charge in [0.05, 0.1) is 0 Å². The predicted molar refractivity (Wildman–Crippen MR) is 79.5 cm³/mol. The second kappa shape index (κ2) is 7.49. The number of halogens is 2. The number of hydrogen-bond donors (Lipinski definition) is 2. The first-order valence-corrected chi connectivity index (χ1v) is 6.73. The summed E-state index contributed by atoms with van der Waals surface area (Å²) < 4.78 is 0. The Morgan fingerprint density at radius 1 is 1.33 bits per heavy atom. The number of aliphatic imine (C=N–C) groups is 1. The number of guanidine groups is 1. The molecule has 18 heavy (non-hydrogen) atoms. The lowest BCUT2D eigenvalue weighted by atomic mass is 10.1. The van der Waals surface area contributed by atoms with E-state index in [0.29, 0.717) is 28.5 Å². The first kappa shape index (κ1) is 15.1. The fourth-order valence-corrected chi connectivity index (χ4v) is 2.01.